The van der Waals surface area contributed by atoms with Crippen LogP contribution in [0.5, 0.6) is 0 Å². The summed E-state index contributed by atoms with van der Waals surface area (Å²) in [6, 6.07) is 10.3. The van der Waals surface area contributed by atoms with E-state index in [9.17, 15) is 14.4 Å². The molecule has 130 valence electrons. The highest BCUT2D eigenvalue weighted by Gasteiger charge is 2.13. The highest BCUT2D eigenvalue weighted by molar-refractivity contribution is 6.35. The molecule has 1 heterocycles. The molecule has 0 unspecified atom stereocenters. The Bertz CT molecular complexity index is 797. The van der Waals surface area contributed by atoms with E-state index in [2.05, 4.69) is 21.2 Å². The van der Waals surface area contributed by atoms with Crippen molar-refractivity contribution in [3.8, 4) is 0 Å². The number of carbonyl (C=O) groups excluding carboxylic acids is 3. The third-order valence-electron chi connectivity index (χ3n) is 3.14. The Balaban J connectivity index is 1.92. The van der Waals surface area contributed by atoms with E-state index in [0.29, 0.717) is 22.7 Å². The smallest absolute Gasteiger partial charge is 0.329 e. The number of hydrogen-bond donors (Lipinski definition) is 3. The molecular formula is C17H18N4O4. The highest BCUT2D eigenvalue weighted by atomic mass is 16.3. The lowest BCUT2D eigenvalue weighted by Gasteiger charge is -2.06. The quantitative estimate of drug-likeness (QED) is 0.433. The first kappa shape index (κ1) is 17.9. The first-order valence-corrected chi connectivity index (χ1v) is 7.48. The average Bonchev–Trinajstić information content (AvgIpc) is 3.10. The van der Waals surface area contributed by atoms with Gasteiger partial charge in [-0.25, -0.2) is 5.43 Å². The molecule has 1 aromatic heterocycles. The summed E-state index contributed by atoms with van der Waals surface area (Å²) in [5.41, 5.74) is 3.99. The van der Waals surface area contributed by atoms with Crippen molar-refractivity contribution in [3.63, 3.8) is 0 Å². The standard InChI is InChI=1S/C17H18N4O4/c1-11(13-5-3-6-14(9-13)19-12(2)22)20-21-17(24)16(23)18-10-15-7-4-8-25-15/h3-9H,10H2,1-2H3,(H,18,23)(H,19,22)(H,21,24)/b20-11+. The predicted molar refractivity (Wildman–Crippen MR) is 91.7 cm³/mol. The lowest BCUT2D eigenvalue weighted by atomic mass is 10.1. The fourth-order valence-corrected chi connectivity index (χ4v) is 1.94. The van der Waals surface area contributed by atoms with E-state index in [-0.39, 0.29) is 12.5 Å². The molecule has 1 aromatic carbocycles. The van der Waals surface area contributed by atoms with Gasteiger partial charge in [-0.2, -0.15) is 5.10 Å². The Morgan fingerprint density at radius 3 is 2.56 bits per heavy atom. The predicted octanol–water partition coefficient (Wildman–Crippen LogP) is 1.39. The maximum absolute atomic E-state index is 11.7. The molecule has 0 fully saturated rings. The minimum absolute atomic E-state index is 0.112. The molecule has 0 saturated heterocycles. The molecule has 0 aliphatic rings. The van der Waals surface area contributed by atoms with Crippen LogP contribution in [0.15, 0.2) is 52.2 Å². The zero-order chi connectivity index (χ0) is 18.2. The van der Waals surface area contributed by atoms with E-state index >= 15 is 0 Å². The molecule has 0 atom stereocenters. The molecule has 8 heteroatoms. The third-order valence-corrected chi connectivity index (χ3v) is 3.14. The van der Waals surface area contributed by atoms with Gasteiger partial charge in [-0.05, 0) is 36.8 Å². The van der Waals surface area contributed by atoms with E-state index in [1.807, 2.05) is 0 Å². The molecule has 0 bridgehead atoms. The van der Waals surface area contributed by atoms with E-state index in [1.165, 1.54) is 13.2 Å². The lowest BCUT2D eigenvalue weighted by Crippen LogP contribution is -2.37. The van der Waals surface area contributed by atoms with E-state index in [4.69, 9.17) is 4.42 Å². The largest absolute Gasteiger partial charge is 0.467 e. The maximum Gasteiger partial charge on any atom is 0.329 e. The van der Waals surface area contributed by atoms with Crippen molar-refractivity contribution in [3.05, 3.63) is 54.0 Å². The van der Waals surface area contributed by atoms with Crippen molar-refractivity contribution in [2.24, 2.45) is 5.10 Å². The number of anilines is 1. The number of benzene rings is 1. The van der Waals surface area contributed by atoms with Gasteiger partial charge in [-0.3, -0.25) is 14.4 Å². The molecule has 3 amide bonds. The summed E-state index contributed by atoms with van der Waals surface area (Å²) in [5, 5.41) is 8.98. The minimum atomic E-state index is -0.885. The van der Waals surface area contributed by atoms with Crippen molar-refractivity contribution < 1.29 is 18.8 Å². The van der Waals surface area contributed by atoms with Crippen LogP contribution >= 0.6 is 0 Å². The lowest BCUT2D eigenvalue weighted by molar-refractivity contribution is -0.139. The van der Waals surface area contributed by atoms with Gasteiger partial charge >= 0.3 is 11.8 Å². The molecule has 2 rings (SSSR count). The fraction of sp³-hybridized carbons (Fsp3) is 0.176. The summed E-state index contributed by atoms with van der Waals surface area (Å²) >= 11 is 0. The van der Waals surface area contributed by atoms with Crippen LogP contribution in [0.4, 0.5) is 5.69 Å². The number of hydrazone groups is 1. The van der Waals surface area contributed by atoms with Gasteiger partial charge in [0.05, 0.1) is 18.5 Å². The van der Waals surface area contributed by atoms with E-state index < -0.39 is 11.8 Å². The first-order chi connectivity index (χ1) is 12.0. The zero-order valence-corrected chi connectivity index (χ0v) is 13.8. The summed E-state index contributed by atoms with van der Waals surface area (Å²) in [6.07, 6.45) is 1.48. The Labute approximate surface area is 144 Å². The summed E-state index contributed by atoms with van der Waals surface area (Å²) in [7, 11) is 0. The second-order valence-corrected chi connectivity index (χ2v) is 5.16. The van der Waals surface area contributed by atoms with Crippen LogP contribution in [-0.4, -0.2) is 23.4 Å². The topological polar surface area (TPSA) is 113 Å². The van der Waals surface area contributed by atoms with Gasteiger partial charge in [-0.15, -0.1) is 0 Å². The normalized spacial score (nSPS) is 10.9. The molecule has 2 aromatic rings. The molecule has 0 radical (unpaired) electrons. The number of rotatable bonds is 5. The first-order valence-electron chi connectivity index (χ1n) is 7.48. The van der Waals surface area contributed by atoms with Crippen LogP contribution in [0.2, 0.25) is 0 Å². The molecule has 0 aliphatic carbocycles. The number of nitrogens with one attached hydrogen (secondary N) is 3. The minimum Gasteiger partial charge on any atom is -0.467 e. The van der Waals surface area contributed by atoms with Gasteiger partial charge in [0.15, 0.2) is 0 Å². The number of carbonyl (C=O) groups is 3. The Hall–Kier alpha value is -3.42. The number of amides is 3. The third kappa shape index (κ3) is 5.61. The van der Waals surface area contributed by atoms with Gasteiger partial charge in [0, 0.05) is 12.6 Å². The highest BCUT2D eigenvalue weighted by Crippen LogP contribution is 2.11. The van der Waals surface area contributed by atoms with Crippen LogP contribution < -0.4 is 16.1 Å². The van der Waals surface area contributed by atoms with Crippen molar-refractivity contribution in [1.29, 1.82) is 0 Å². The average molecular weight is 342 g/mol. The Kier molecular flexibility index (Phi) is 6.05. The molecule has 25 heavy (non-hydrogen) atoms. The maximum atomic E-state index is 11.7. The van der Waals surface area contributed by atoms with Crippen molar-refractivity contribution in [2.75, 3.05) is 5.32 Å². The van der Waals surface area contributed by atoms with Crippen molar-refractivity contribution in [2.45, 2.75) is 20.4 Å². The van der Waals surface area contributed by atoms with Gasteiger partial charge in [0.1, 0.15) is 5.76 Å². The number of furan rings is 1. The second kappa shape index (κ2) is 8.44. The Morgan fingerprint density at radius 1 is 1.08 bits per heavy atom. The second-order valence-electron chi connectivity index (χ2n) is 5.16. The number of nitrogens with zero attached hydrogens (tertiary/aromatic N) is 1. The Morgan fingerprint density at radius 2 is 1.88 bits per heavy atom. The van der Waals surface area contributed by atoms with Crippen LogP contribution in [0.3, 0.4) is 0 Å². The molecule has 0 aliphatic heterocycles. The molecule has 3 N–H and O–H groups in total. The molecular weight excluding hydrogens is 324 g/mol. The summed E-state index contributed by atoms with van der Waals surface area (Å²) in [4.78, 5) is 34.5. The monoisotopic (exact) mass is 342 g/mol. The van der Waals surface area contributed by atoms with Crippen LogP contribution in [0, 0.1) is 0 Å². The van der Waals surface area contributed by atoms with Crippen molar-refractivity contribution in [1.82, 2.24) is 10.7 Å². The van der Waals surface area contributed by atoms with Crippen LogP contribution in [-0.2, 0) is 20.9 Å². The fourth-order valence-electron chi connectivity index (χ4n) is 1.94. The van der Waals surface area contributed by atoms with Crippen molar-refractivity contribution >= 4 is 29.1 Å². The SMILES string of the molecule is CC(=O)Nc1cccc(/C(C)=N/NC(=O)C(=O)NCc2ccco2)c1. The summed E-state index contributed by atoms with van der Waals surface area (Å²) < 4.78 is 5.05. The van der Waals surface area contributed by atoms with E-state index in [1.54, 1.807) is 43.3 Å². The molecule has 8 nitrogen and oxygen atoms in total. The summed E-state index contributed by atoms with van der Waals surface area (Å²) in [5.74, 6) is -1.35. The van der Waals surface area contributed by atoms with Gasteiger partial charge in [-0.1, -0.05) is 12.1 Å². The number of hydrogen-bond acceptors (Lipinski definition) is 5. The van der Waals surface area contributed by atoms with Gasteiger partial charge in [0.25, 0.3) is 0 Å². The van der Waals surface area contributed by atoms with Crippen LogP contribution in [0.25, 0.3) is 0 Å². The summed E-state index contributed by atoms with van der Waals surface area (Å²) in [6.45, 7) is 3.20. The zero-order valence-electron chi connectivity index (χ0n) is 13.8. The van der Waals surface area contributed by atoms with Crippen LogP contribution in [0.1, 0.15) is 25.2 Å². The van der Waals surface area contributed by atoms with Gasteiger partial charge < -0.3 is 15.1 Å². The molecule has 0 spiro atoms. The van der Waals surface area contributed by atoms with Gasteiger partial charge in [0.2, 0.25) is 5.91 Å². The van der Waals surface area contributed by atoms with E-state index in [0.717, 1.165) is 0 Å². The molecule has 0 saturated carbocycles.